The van der Waals surface area contributed by atoms with E-state index in [-0.39, 0.29) is 36.8 Å². The maximum Gasteiger partial charge on any atom is 0.241 e. The number of hydrogen-bond acceptors (Lipinski definition) is 3. The lowest BCUT2D eigenvalue weighted by atomic mass is 10.0. The van der Waals surface area contributed by atoms with E-state index in [0.717, 1.165) is 25.8 Å². The molecule has 0 bridgehead atoms. The number of carbonyl (C=O) groups excluding carboxylic acids is 2. The zero-order valence-electron chi connectivity index (χ0n) is 10.7. The topological polar surface area (TPSA) is 52.7 Å². The second-order valence-electron chi connectivity index (χ2n) is 4.48. The fraction of sp³-hybridized carbons (Fsp3) is 0.818. The quantitative estimate of drug-likeness (QED) is 0.786. The van der Waals surface area contributed by atoms with Gasteiger partial charge in [-0.3, -0.25) is 9.59 Å². The van der Waals surface area contributed by atoms with Crippen LogP contribution in [0.15, 0.2) is 0 Å². The molecular weight excluding hydrogens is 242 g/mol. The molecule has 17 heavy (non-hydrogen) atoms. The second-order valence-corrected chi connectivity index (χ2v) is 4.48. The monoisotopic (exact) mass is 263 g/mol. The Bertz CT molecular complexity index is 265. The van der Waals surface area contributed by atoms with Gasteiger partial charge in [0.2, 0.25) is 11.8 Å². The van der Waals surface area contributed by atoms with Gasteiger partial charge in [0.05, 0.1) is 12.6 Å². The van der Waals surface area contributed by atoms with Gasteiger partial charge >= 0.3 is 0 Å². The van der Waals surface area contributed by atoms with Gasteiger partial charge in [0.25, 0.3) is 0 Å². The van der Waals surface area contributed by atoms with Gasteiger partial charge < -0.3 is 15.1 Å². The van der Waals surface area contributed by atoms with Crippen molar-refractivity contribution in [3.63, 3.8) is 0 Å². The predicted octanol–water partition coefficient (Wildman–Crippen LogP) is 0.0969. The lowest BCUT2D eigenvalue weighted by Crippen LogP contribution is -2.49. The Morgan fingerprint density at radius 3 is 2.35 bits per heavy atom. The van der Waals surface area contributed by atoms with Crippen molar-refractivity contribution in [2.75, 3.05) is 34.2 Å². The number of halogens is 1. The third kappa shape index (κ3) is 4.91. The summed E-state index contributed by atoms with van der Waals surface area (Å²) < 4.78 is 0. The summed E-state index contributed by atoms with van der Waals surface area (Å²) in [5.74, 6) is -0.0263. The molecule has 0 aliphatic carbocycles. The van der Waals surface area contributed by atoms with Crippen molar-refractivity contribution in [1.82, 2.24) is 15.1 Å². The van der Waals surface area contributed by atoms with Crippen LogP contribution < -0.4 is 5.32 Å². The average molecular weight is 264 g/mol. The molecule has 1 atom stereocenters. The highest BCUT2D eigenvalue weighted by Crippen LogP contribution is 2.09. The van der Waals surface area contributed by atoms with Crippen LogP contribution in [-0.2, 0) is 9.59 Å². The summed E-state index contributed by atoms with van der Waals surface area (Å²) in [4.78, 5) is 26.4. The largest absolute Gasteiger partial charge is 0.347 e. The number of piperidine rings is 1. The molecule has 1 rings (SSSR count). The molecular formula is C11H22ClN3O2. The van der Waals surface area contributed by atoms with Crippen molar-refractivity contribution in [1.29, 1.82) is 0 Å². The highest BCUT2D eigenvalue weighted by molar-refractivity contribution is 5.87. The molecule has 1 aliphatic heterocycles. The van der Waals surface area contributed by atoms with Crippen LogP contribution in [0.25, 0.3) is 0 Å². The number of nitrogens with one attached hydrogen (secondary N) is 1. The van der Waals surface area contributed by atoms with Crippen LogP contribution in [-0.4, -0.2) is 61.9 Å². The first-order valence-electron chi connectivity index (χ1n) is 5.71. The zero-order valence-corrected chi connectivity index (χ0v) is 11.5. The van der Waals surface area contributed by atoms with Crippen LogP contribution in [0.5, 0.6) is 0 Å². The van der Waals surface area contributed by atoms with Crippen LogP contribution in [0, 0.1) is 0 Å². The molecule has 1 aliphatic rings. The summed E-state index contributed by atoms with van der Waals surface area (Å²) in [6.07, 6.45) is 3.09. The molecule has 0 aromatic heterocycles. The van der Waals surface area contributed by atoms with Gasteiger partial charge in [-0.05, 0) is 19.4 Å². The Morgan fingerprint density at radius 1 is 1.24 bits per heavy atom. The minimum Gasteiger partial charge on any atom is -0.347 e. The number of rotatable bonds is 3. The van der Waals surface area contributed by atoms with Crippen molar-refractivity contribution < 1.29 is 9.59 Å². The summed E-state index contributed by atoms with van der Waals surface area (Å²) >= 11 is 0. The summed E-state index contributed by atoms with van der Waals surface area (Å²) in [7, 11) is 5.07. The second kappa shape index (κ2) is 7.50. The molecule has 1 heterocycles. The Kier molecular flexibility index (Phi) is 7.15. The Balaban J connectivity index is 0.00000256. The van der Waals surface area contributed by atoms with Crippen molar-refractivity contribution >= 4 is 24.2 Å². The molecule has 1 unspecified atom stereocenters. The van der Waals surface area contributed by atoms with Crippen molar-refractivity contribution in [3.8, 4) is 0 Å². The van der Waals surface area contributed by atoms with E-state index in [9.17, 15) is 9.59 Å². The Hall–Kier alpha value is -0.810. The van der Waals surface area contributed by atoms with Crippen LogP contribution >= 0.6 is 12.4 Å². The predicted molar refractivity (Wildman–Crippen MR) is 69.2 cm³/mol. The van der Waals surface area contributed by atoms with Crippen molar-refractivity contribution in [2.45, 2.75) is 25.3 Å². The first kappa shape index (κ1) is 16.2. The van der Waals surface area contributed by atoms with Gasteiger partial charge in [-0.25, -0.2) is 0 Å². The zero-order chi connectivity index (χ0) is 12.1. The van der Waals surface area contributed by atoms with Crippen LogP contribution in [0.4, 0.5) is 0 Å². The van der Waals surface area contributed by atoms with E-state index in [4.69, 9.17) is 0 Å². The smallest absolute Gasteiger partial charge is 0.241 e. The van der Waals surface area contributed by atoms with E-state index in [2.05, 4.69) is 5.32 Å². The summed E-state index contributed by atoms with van der Waals surface area (Å²) in [5.41, 5.74) is 0. The van der Waals surface area contributed by atoms with Gasteiger partial charge in [0, 0.05) is 21.1 Å². The van der Waals surface area contributed by atoms with Gasteiger partial charge in [0.15, 0.2) is 0 Å². The molecule has 6 heteroatoms. The van der Waals surface area contributed by atoms with Crippen molar-refractivity contribution in [3.05, 3.63) is 0 Å². The van der Waals surface area contributed by atoms with Gasteiger partial charge in [-0.2, -0.15) is 0 Å². The maximum atomic E-state index is 11.9. The summed E-state index contributed by atoms with van der Waals surface area (Å²) in [5, 5.41) is 3.19. The van der Waals surface area contributed by atoms with E-state index in [1.165, 1.54) is 9.80 Å². The normalized spacial score (nSPS) is 19.1. The minimum absolute atomic E-state index is 0. The Morgan fingerprint density at radius 2 is 1.88 bits per heavy atom. The molecule has 5 nitrogen and oxygen atoms in total. The molecule has 2 amide bonds. The minimum atomic E-state index is -0.103. The molecule has 100 valence electrons. The molecule has 0 aromatic carbocycles. The number of nitrogens with zero attached hydrogens (tertiary/aromatic N) is 2. The lowest BCUT2D eigenvalue weighted by Gasteiger charge is -2.27. The van der Waals surface area contributed by atoms with Crippen molar-refractivity contribution in [2.24, 2.45) is 0 Å². The number of carbonyl (C=O) groups is 2. The van der Waals surface area contributed by atoms with Crippen LogP contribution in [0.2, 0.25) is 0 Å². The van der Waals surface area contributed by atoms with Gasteiger partial charge in [-0.15, -0.1) is 12.4 Å². The molecule has 1 fully saturated rings. The maximum absolute atomic E-state index is 11.9. The number of hydrogen-bond donors (Lipinski definition) is 1. The fourth-order valence-electron chi connectivity index (χ4n) is 1.75. The molecule has 0 radical (unpaired) electrons. The van der Waals surface area contributed by atoms with Crippen LogP contribution in [0.1, 0.15) is 19.3 Å². The molecule has 1 saturated heterocycles. The SMILES string of the molecule is CN(C)C(=O)CN(C)C(=O)C1CCCCN1.Cl. The van der Waals surface area contributed by atoms with E-state index in [1.54, 1.807) is 21.1 Å². The highest BCUT2D eigenvalue weighted by atomic mass is 35.5. The third-order valence-corrected chi connectivity index (χ3v) is 2.86. The summed E-state index contributed by atoms with van der Waals surface area (Å²) in [6.45, 7) is 1.05. The Labute approximate surface area is 109 Å². The van der Waals surface area contributed by atoms with E-state index in [1.807, 2.05) is 0 Å². The average Bonchev–Trinajstić information content (AvgIpc) is 2.28. The first-order chi connectivity index (χ1) is 7.52. The van der Waals surface area contributed by atoms with Gasteiger partial charge in [0.1, 0.15) is 0 Å². The third-order valence-electron chi connectivity index (χ3n) is 2.86. The van der Waals surface area contributed by atoms with E-state index >= 15 is 0 Å². The van der Waals surface area contributed by atoms with Crippen LogP contribution in [0.3, 0.4) is 0 Å². The molecule has 0 aromatic rings. The van der Waals surface area contributed by atoms with Gasteiger partial charge in [-0.1, -0.05) is 6.42 Å². The summed E-state index contributed by atoms with van der Waals surface area (Å²) in [6, 6.07) is -0.103. The first-order valence-corrected chi connectivity index (χ1v) is 5.71. The molecule has 0 spiro atoms. The number of likely N-dealkylation sites (N-methyl/N-ethyl adjacent to an activating group) is 2. The lowest BCUT2D eigenvalue weighted by molar-refractivity contribution is -0.139. The standard InChI is InChI=1S/C11H21N3O2.ClH/c1-13(2)10(15)8-14(3)11(16)9-6-4-5-7-12-9;/h9,12H,4-8H2,1-3H3;1H. The molecule has 0 saturated carbocycles. The van der Waals surface area contributed by atoms with E-state index in [0.29, 0.717) is 0 Å². The molecule has 1 N–H and O–H groups in total. The van der Waals surface area contributed by atoms with E-state index < -0.39 is 0 Å². The number of amides is 2. The highest BCUT2D eigenvalue weighted by Gasteiger charge is 2.24. The fourth-order valence-corrected chi connectivity index (χ4v) is 1.75.